The second kappa shape index (κ2) is 7.37. The van der Waals surface area contributed by atoms with Crippen LogP contribution in [0.4, 0.5) is 0 Å². The normalized spacial score (nSPS) is 23.7. The summed E-state index contributed by atoms with van der Waals surface area (Å²) in [6.45, 7) is 6.42. The summed E-state index contributed by atoms with van der Waals surface area (Å²) in [7, 11) is 0. The highest BCUT2D eigenvalue weighted by molar-refractivity contribution is 5.92. The Bertz CT molecular complexity index is 679. The van der Waals surface area contributed by atoms with Crippen LogP contribution < -0.4 is 5.56 Å². The van der Waals surface area contributed by atoms with Gasteiger partial charge < -0.3 is 9.80 Å². The van der Waals surface area contributed by atoms with E-state index >= 15 is 0 Å². The van der Waals surface area contributed by atoms with E-state index in [1.54, 1.807) is 4.90 Å². The number of piperidine rings is 2. The van der Waals surface area contributed by atoms with Gasteiger partial charge in [0.1, 0.15) is 5.69 Å². The van der Waals surface area contributed by atoms with Crippen LogP contribution in [0.15, 0.2) is 16.9 Å². The van der Waals surface area contributed by atoms with E-state index < -0.39 is 0 Å². The number of nitrogens with zero attached hydrogens (tertiary/aromatic N) is 3. The number of amides is 2. The van der Waals surface area contributed by atoms with Crippen molar-refractivity contribution in [2.75, 3.05) is 19.6 Å². The number of nitrogens with one attached hydrogen (secondary N) is 1. The van der Waals surface area contributed by atoms with Crippen LogP contribution in [-0.2, 0) is 4.79 Å². The molecule has 25 heavy (non-hydrogen) atoms. The molecule has 0 bridgehead atoms. The fourth-order valence-electron chi connectivity index (χ4n) is 3.85. The summed E-state index contributed by atoms with van der Waals surface area (Å²) in [4.78, 5) is 39.9. The van der Waals surface area contributed by atoms with E-state index in [0.717, 1.165) is 25.8 Å². The summed E-state index contributed by atoms with van der Waals surface area (Å²) in [5.74, 6) is 0.996. The lowest BCUT2D eigenvalue weighted by Gasteiger charge is -2.47. The molecule has 2 amide bonds. The highest BCUT2D eigenvalue weighted by Crippen LogP contribution is 2.32. The number of hydrogen-bond donors (Lipinski definition) is 1. The molecule has 0 saturated carbocycles. The van der Waals surface area contributed by atoms with E-state index in [1.807, 2.05) is 4.90 Å². The van der Waals surface area contributed by atoms with Crippen molar-refractivity contribution in [3.8, 4) is 0 Å². The zero-order valence-corrected chi connectivity index (χ0v) is 14.9. The Morgan fingerprint density at radius 2 is 2.12 bits per heavy atom. The summed E-state index contributed by atoms with van der Waals surface area (Å²) in [6, 6.07) is 3.03. The SMILES string of the molecule is CC(C)CCN1C(=O)CC[C@@H]2CN(C(=O)c3ccc(=O)[nH]n3)CC[C@@H]21. The molecule has 3 heterocycles. The highest BCUT2D eigenvalue weighted by Gasteiger charge is 2.40. The van der Waals surface area contributed by atoms with Gasteiger partial charge >= 0.3 is 0 Å². The lowest BCUT2D eigenvalue weighted by Crippen LogP contribution is -2.57. The van der Waals surface area contributed by atoms with Crippen LogP contribution in [0.1, 0.15) is 50.0 Å². The molecule has 7 nitrogen and oxygen atoms in total. The number of fused-ring (bicyclic) bond motifs is 1. The van der Waals surface area contributed by atoms with Crippen LogP contribution in [-0.4, -0.2) is 57.5 Å². The average Bonchev–Trinajstić information content (AvgIpc) is 2.60. The maximum absolute atomic E-state index is 12.6. The van der Waals surface area contributed by atoms with E-state index in [2.05, 4.69) is 24.0 Å². The summed E-state index contributed by atoms with van der Waals surface area (Å²) < 4.78 is 0. The Morgan fingerprint density at radius 3 is 2.80 bits per heavy atom. The van der Waals surface area contributed by atoms with Crippen molar-refractivity contribution in [1.82, 2.24) is 20.0 Å². The molecule has 2 atom stereocenters. The molecule has 0 unspecified atom stereocenters. The third kappa shape index (κ3) is 3.91. The molecule has 2 aliphatic heterocycles. The molecule has 1 N–H and O–H groups in total. The van der Waals surface area contributed by atoms with Crippen LogP contribution >= 0.6 is 0 Å². The van der Waals surface area contributed by atoms with Crippen molar-refractivity contribution in [1.29, 1.82) is 0 Å². The fourth-order valence-corrected chi connectivity index (χ4v) is 3.85. The van der Waals surface area contributed by atoms with Gasteiger partial charge in [-0.25, -0.2) is 5.10 Å². The second-order valence-corrected chi connectivity index (χ2v) is 7.48. The number of carbonyl (C=O) groups is 2. The van der Waals surface area contributed by atoms with Gasteiger partial charge in [0.2, 0.25) is 5.91 Å². The topological polar surface area (TPSA) is 86.4 Å². The van der Waals surface area contributed by atoms with E-state index in [-0.39, 0.29) is 29.1 Å². The monoisotopic (exact) mass is 346 g/mol. The number of aromatic nitrogens is 2. The molecule has 3 rings (SSSR count). The van der Waals surface area contributed by atoms with Crippen LogP contribution in [0.5, 0.6) is 0 Å². The first-order valence-electron chi connectivity index (χ1n) is 9.10. The Hall–Kier alpha value is -2.18. The molecule has 1 aromatic rings. The van der Waals surface area contributed by atoms with Crippen molar-refractivity contribution >= 4 is 11.8 Å². The molecule has 0 aromatic carbocycles. The van der Waals surface area contributed by atoms with Gasteiger partial charge in [0.25, 0.3) is 11.5 Å². The standard InChI is InChI=1S/C18H26N4O3/c1-12(2)7-10-22-15-8-9-21(11-13(15)3-6-17(22)24)18(25)14-4-5-16(23)20-19-14/h4-5,12-13,15H,3,6-11H2,1-2H3,(H,20,23)/t13-,15+/m1/s1. The zero-order valence-electron chi connectivity index (χ0n) is 14.9. The van der Waals surface area contributed by atoms with Gasteiger partial charge in [0.05, 0.1) is 0 Å². The Labute approximate surface area is 147 Å². The third-order valence-corrected chi connectivity index (χ3v) is 5.28. The summed E-state index contributed by atoms with van der Waals surface area (Å²) in [5.41, 5.74) is -0.0524. The van der Waals surface area contributed by atoms with E-state index in [1.165, 1.54) is 12.1 Å². The van der Waals surface area contributed by atoms with E-state index in [0.29, 0.717) is 31.3 Å². The van der Waals surface area contributed by atoms with Crippen LogP contribution in [0.2, 0.25) is 0 Å². The van der Waals surface area contributed by atoms with Crippen LogP contribution in [0, 0.1) is 11.8 Å². The quantitative estimate of drug-likeness (QED) is 0.889. The summed E-state index contributed by atoms with van der Waals surface area (Å²) in [6.07, 6.45) is 3.23. The van der Waals surface area contributed by atoms with Gasteiger partial charge in [-0.1, -0.05) is 13.8 Å². The molecule has 2 saturated heterocycles. The Morgan fingerprint density at radius 1 is 1.32 bits per heavy atom. The number of likely N-dealkylation sites (tertiary alicyclic amines) is 2. The largest absolute Gasteiger partial charge is 0.339 e. The number of carbonyl (C=O) groups excluding carboxylic acids is 2. The minimum atomic E-state index is -0.318. The molecule has 7 heteroatoms. The first-order valence-corrected chi connectivity index (χ1v) is 9.10. The van der Waals surface area contributed by atoms with E-state index in [9.17, 15) is 14.4 Å². The lowest BCUT2D eigenvalue weighted by molar-refractivity contribution is -0.140. The predicted octanol–water partition coefficient (Wildman–Crippen LogP) is 1.27. The predicted molar refractivity (Wildman–Crippen MR) is 93.1 cm³/mol. The van der Waals surface area contributed by atoms with Crippen molar-refractivity contribution in [3.63, 3.8) is 0 Å². The lowest BCUT2D eigenvalue weighted by atomic mass is 9.83. The summed E-state index contributed by atoms with van der Waals surface area (Å²) >= 11 is 0. The molecular formula is C18H26N4O3. The van der Waals surface area contributed by atoms with Gasteiger partial charge in [-0.3, -0.25) is 14.4 Å². The van der Waals surface area contributed by atoms with Gasteiger partial charge in [-0.15, -0.1) is 0 Å². The number of aromatic amines is 1. The van der Waals surface area contributed by atoms with Crippen LogP contribution in [0.25, 0.3) is 0 Å². The van der Waals surface area contributed by atoms with Crippen molar-refractivity contribution in [2.24, 2.45) is 11.8 Å². The molecule has 136 valence electrons. The molecule has 2 fully saturated rings. The minimum absolute atomic E-state index is 0.152. The maximum Gasteiger partial charge on any atom is 0.274 e. The summed E-state index contributed by atoms with van der Waals surface area (Å²) in [5, 5.41) is 6.15. The maximum atomic E-state index is 12.6. The number of H-pyrrole nitrogens is 1. The van der Waals surface area contributed by atoms with E-state index in [4.69, 9.17) is 0 Å². The van der Waals surface area contributed by atoms with Crippen LogP contribution in [0.3, 0.4) is 0 Å². The Kier molecular flexibility index (Phi) is 5.20. The minimum Gasteiger partial charge on any atom is -0.339 e. The van der Waals surface area contributed by atoms with Gasteiger partial charge in [-0.2, -0.15) is 5.10 Å². The van der Waals surface area contributed by atoms with Crippen molar-refractivity contribution in [3.05, 3.63) is 28.2 Å². The molecule has 0 spiro atoms. The molecule has 0 radical (unpaired) electrons. The number of hydrogen-bond acceptors (Lipinski definition) is 4. The van der Waals surface area contributed by atoms with Crippen molar-refractivity contribution < 1.29 is 9.59 Å². The fraction of sp³-hybridized carbons (Fsp3) is 0.667. The highest BCUT2D eigenvalue weighted by atomic mass is 16.2. The van der Waals surface area contributed by atoms with Crippen molar-refractivity contribution in [2.45, 2.75) is 45.6 Å². The molecule has 2 aliphatic rings. The first-order chi connectivity index (χ1) is 12.0. The van der Waals surface area contributed by atoms with Gasteiger partial charge in [-0.05, 0) is 37.2 Å². The zero-order chi connectivity index (χ0) is 18.0. The molecule has 1 aromatic heterocycles. The average molecular weight is 346 g/mol. The second-order valence-electron chi connectivity index (χ2n) is 7.48. The molecular weight excluding hydrogens is 320 g/mol. The Balaban J connectivity index is 1.67. The third-order valence-electron chi connectivity index (χ3n) is 5.28. The van der Waals surface area contributed by atoms with Gasteiger partial charge in [0.15, 0.2) is 0 Å². The molecule has 0 aliphatic carbocycles. The first kappa shape index (κ1) is 17.6. The number of rotatable bonds is 4. The smallest absolute Gasteiger partial charge is 0.274 e. The van der Waals surface area contributed by atoms with Gasteiger partial charge in [0, 0.05) is 38.2 Å².